The van der Waals surface area contributed by atoms with Gasteiger partial charge < -0.3 is 15.2 Å². The van der Waals surface area contributed by atoms with Gasteiger partial charge in [0.2, 0.25) is 0 Å². The number of nitrogens with zero attached hydrogens (tertiary/aromatic N) is 1. The van der Waals surface area contributed by atoms with E-state index in [1.165, 1.54) is 6.07 Å². The summed E-state index contributed by atoms with van der Waals surface area (Å²) in [4.78, 5) is 26.9. The number of nitrogens with two attached hydrogens (primary N) is 1. The van der Waals surface area contributed by atoms with Crippen LogP contribution in [-0.2, 0) is 22.4 Å². The zero-order chi connectivity index (χ0) is 25.7. The molecule has 3 aromatic rings. The molecule has 3 aromatic carbocycles. The average molecular weight is 606 g/mol. The van der Waals surface area contributed by atoms with E-state index in [-0.39, 0.29) is 35.5 Å². The first-order valence-electron chi connectivity index (χ1n) is 11.4. The van der Waals surface area contributed by atoms with Gasteiger partial charge in [-0.05, 0) is 69.6 Å². The summed E-state index contributed by atoms with van der Waals surface area (Å²) in [7, 11) is 0. The summed E-state index contributed by atoms with van der Waals surface area (Å²) in [6, 6.07) is 13.7. The summed E-state index contributed by atoms with van der Waals surface area (Å²) < 4.78 is 40.9. The summed E-state index contributed by atoms with van der Waals surface area (Å²) >= 11 is 1.99. The Bertz CT molecular complexity index is 1280. The van der Waals surface area contributed by atoms with Crippen LogP contribution in [0.4, 0.5) is 8.78 Å². The molecule has 0 atom stereocenters. The first kappa shape index (κ1) is 26.2. The molecule has 1 fully saturated rings. The van der Waals surface area contributed by atoms with Crippen molar-refractivity contribution >= 4 is 34.3 Å². The van der Waals surface area contributed by atoms with Crippen LogP contribution in [0, 0.1) is 15.2 Å². The van der Waals surface area contributed by atoms with E-state index in [1.54, 1.807) is 36.4 Å². The predicted octanol–water partition coefficient (Wildman–Crippen LogP) is 4.50. The zero-order valence-electron chi connectivity index (χ0n) is 19.4. The van der Waals surface area contributed by atoms with E-state index < -0.39 is 17.5 Å². The molecule has 0 unspecified atom stereocenters. The van der Waals surface area contributed by atoms with Crippen LogP contribution in [0.15, 0.2) is 54.6 Å². The molecule has 0 radical (unpaired) electrons. The van der Waals surface area contributed by atoms with Crippen LogP contribution in [0.1, 0.15) is 27.0 Å². The van der Waals surface area contributed by atoms with Gasteiger partial charge in [0, 0.05) is 35.6 Å². The van der Waals surface area contributed by atoms with E-state index in [2.05, 4.69) is 4.90 Å². The lowest BCUT2D eigenvalue weighted by Gasteiger charge is -2.25. The monoisotopic (exact) mass is 606 g/mol. The second-order valence-corrected chi connectivity index (χ2v) is 9.81. The topological polar surface area (TPSA) is 81.9 Å². The van der Waals surface area contributed by atoms with Crippen molar-refractivity contribution < 1.29 is 27.8 Å². The molecule has 2 N–H and O–H groups in total. The third-order valence-corrected chi connectivity index (χ3v) is 6.49. The number of hydrogen-bond donors (Lipinski definition) is 1. The lowest BCUT2D eigenvalue weighted by molar-refractivity contribution is -0.120. The van der Waals surface area contributed by atoms with E-state index in [0.717, 1.165) is 34.4 Å². The third kappa shape index (κ3) is 6.86. The Morgan fingerprint density at radius 2 is 1.81 bits per heavy atom. The minimum absolute atomic E-state index is 0.0249. The summed E-state index contributed by atoms with van der Waals surface area (Å²) in [5, 5.41) is 0. The van der Waals surface area contributed by atoms with E-state index >= 15 is 0 Å². The predicted molar refractivity (Wildman–Crippen MR) is 139 cm³/mol. The van der Waals surface area contributed by atoms with Crippen LogP contribution in [0.3, 0.4) is 0 Å². The van der Waals surface area contributed by atoms with Crippen molar-refractivity contribution in [3.05, 3.63) is 92.1 Å². The van der Waals surface area contributed by atoms with Crippen molar-refractivity contribution in [3.63, 3.8) is 0 Å². The van der Waals surface area contributed by atoms with Gasteiger partial charge in [0.05, 0.1) is 25.3 Å². The van der Waals surface area contributed by atoms with Gasteiger partial charge in [-0.2, -0.15) is 0 Å². The summed E-state index contributed by atoms with van der Waals surface area (Å²) in [6.45, 7) is 3.01. The molecule has 6 nitrogen and oxygen atoms in total. The van der Waals surface area contributed by atoms with E-state index in [1.807, 2.05) is 22.6 Å². The maximum absolute atomic E-state index is 14.5. The second kappa shape index (κ2) is 11.9. The molecule has 1 heterocycles. The Balaban J connectivity index is 1.55. The van der Waals surface area contributed by atoms with Gasteiger partial charge in [-0.1, -0.05) is 18.2 Å². The molecule has 1 aliphatic rings. The van der Waals surface area contributed by atoms with Crippen molar-refractivity contribution in [1.29, 1.82) is 0 Å². The van der Waals surface area contributed by atoms with Crippen LogP contribution in [-0.4, -0.2) is 49.4 Å². The molecule has 4 rings (SSSR count). The largest absolute Gasteiger partial charge is 0.456 e. The van der Waals surface area contributed by atoms with Crippen molar-refractivity contribution in [1.82, 2.24) is 4.90 Å². The molecule has 9 heteroatoms. The summed E-state index contributed by atoms with van der Waals surface area (Å²) in [5.74, 6) is -1.61. The fraction of sp³-hybridized carbons (Fsp3) is 0.259. The number of Topliss-reactive ketones (excluding diaryl/α,β-unsaturated/α-hetero) is 1. The molecule has 0 spiro atoms. The Kier molecular flexibility index (Phi) is 8.65. The second-order valence-electron chi connectivity index (χ2n) is 8.57. The number of ether oxygens (including phenoxy) is 2. The maximum Gasteiger partial charge on any atom is 0.252 e. The quantitative estimate of drug-likeness (QED) is 0.363. The minimum atomic E-state index is -0.817. The fourth-order valence-corrected chi connectivity index (χ4v) is 4.60. The first-order chi connectivity index (χ1) is 17.3. The Morgan fingerprint density at radius 1 is 1.03 bits per heavy atom. The number of benzene rings is 3. The van der Waals surface area contributed by atoms with Crippen LogP contribution >= 0.6 is 22.6 Å². The number of morpholine rings is 1. The number of ketones is 1. The highest BCUT2D eigenvalue weighted by atomic mass is 127. The zero-order valence-corrected chi connectivity index (χ0v) is 21.6. The highest BCUT2D eigenvalue weighted by Crippen LogP contribution is 2.31. The Morgan fingerprint density at radius 3 is 2.53 bits per heavy atom. The molecule has 0 bridgehead atoms. The molecule has 0 saturated carbocycles. The van der Waals surface area contributed by atoms with Crippen LogP contribution in [0.5, 0.6) is 11.5 Å². The summed E-state index contributed by atoms with van der Waals surface area (Å²) in [6.07, 6.45) is 0.170. The minimum Gasteiger partial charge on any atom is -0.456 e. The van der Waals surface area contributed by atoms with Gasteiger partial charge in [-0.25, -0.2) is 8.78 Å². The van der Waals surface area contributed by atoms with Crippen LogP contribution in [0.2, 0.25) is 0 Å². The first-order valence-corrected chi connectivity index (χ1v) is 12.5. The highest BCUT2D eigenvalue weighted by molar-refractivity contribution is 14.1. The molecule has 1 saturated heterocycles. The SMILES string of the molecule is NC(=O)c1c(Cc2ccc(I)cc2F)cc(F)cc1Oc1cccc(CC(=O)CN2CCOCC2)c1. The molecule has 1 amide bonds. The molecule has 188 valence electrons. The van der Waals surface area contributed by atoms with Gasteiger partial charge in [0.1, 0.15) is 23.1 Å². The number of carbonyl (C=O) groups excluding carboxylic acids is 2. The normalized spacial score (nSPS) is 14.0. The van der Waals surface area contributed by atoms with Crippen molar-refractivity contribution in [2.24, 2.45) is 5.73 Å². The number of rotatable bonds is 9. The highest BCUT2D eigenvalue weighted by Gasteiger charge is 2.20. The average Bonchev–Trinajstić information content (AvgIpc) is 2.81. The van der Waals surface area contributed by atoms with Gasteiger partial charge in [-0.15, -0.1) is 0 Å². The number of amides is 1. The van der Waals surface area contributed by atoms with Gasteiger partial charge in [0.25, 0.3) is 5.91 Å². The van der Waals surface area contributed by atoms with Crippen LogP contribution < -0.4 is 10.5 Å². The number of hydrogen-bond acceptors (Lipinski definition) is 5. The van der Waals surface area contributed by atoms with Crippen molar-refractivity contribution in [2.75, 3.05) is 32.8 Å². The van der Waals surface area contributed by atoms with Gasteiger partial charge in [0.15, 0.2) is 5.78 Å². The van der Waals surface area contributed by atoms with Crippen molar-refractivity contribution in [3.8, 4) is 11.5 Å². The smallest absolute Gasteiger partial charge is 0.252 e. The Hall–Kier alpha value is -2.89. The molecular formula is C27H25F2IN2O4. The van der Waals surface area contributed by atoms with E-state index in [4.69, 9.17) is 15.2 Å². The molecular weight excluding hydrogens is 581 g/mol. The Labute approximate surface area is 221 Å². The number of primary amides is 1. The van der Waals surface area contributed by atoms with Gasteiger partial charge >= 0.3 is 0 Å². The molecule has 0 aliphatic carbocycles. The third-order valence-electron chi connectivity index (χ3n) is 5.82. The lowest BCUT2D eigenvalue weighted by Crippen LogP contribution is -2.39. The van der Waals surface area contributed by atoms with Crippen LogP contribution in [0.25, 0.3) is 0 Å². The number of halogens is 3. The maximum atomic E-state index is 14.5. The molecule has 36 heavy (non-hydrogen) atoms. The fourth-order valence-electron chi connectivity index (χ4n) is 4.14. The molecule has 0 aromatic heterocycles. The van der Waals surface area contributed by atoms with E-state index in [0.29, 0.717) is 31.1 Å². The van der Waals surface area contributed by atoms with Crippen molar-refractivity contribution in [2.45, 2.75) is 12.8 Å². The van der Waals surface area contributed by atoms with E-state index in [9.17, 15) is 18.4 Å². The summed E-state index contributed by atoms with van der Waals surface area (Å²) in [5.41, 5.74) is 6.84. The number of carbonyl (C=O) groups is 2. The standard InChI is InChI=1S/C27H25F2IN2O4/c28-20-13-19(12-18-4-5-21(30)15-24(18)29)26(27(31)34)25(14-20)36-23-3-1-2-17(11-23)10-22(33)16-32-6-8-35-9-7-32/h1-5,11,13-15H,6-10,12,16H2,(H2,31,34). The lowest BCUT2D eigenvalue weighted by atomic mass is 9.98. The van der Waals surface area contributed by atoms with Gasteiger partial charge in [-0.3, -0.25) is 14.5 Å². The molecule has 1 aliphatic heterocycles.